The molecule has 2 aromatic rings. The van der Waals surface area contributed by atoms with Crippen LogP contribution < -0.4 is 4.74 Å². The molecule has 0 bridgehead atoms. The van der Waals surface area contributed by atoms with Crippen molar-refractivity contribution in [2.45, 2.75) is 23.8 Å². The van der Waals surface area contributed by atoms with E-state index in [-0.39, 0.29) is 5.25 Å². The molecule has 0 saturated carbocycles. The quantitative estimate of drug-likeness (QED) is 0.444. The monoisotopic (exact) mass is 402 g/mol. The summed E-state index contributed by atoms with van der Waals surface area (Å²) in [5, 5.41) is 0.0488. The SMILES string of the molecule is COC(=O)C(C[C@H](Cc1ccccc1)SCc1ccc(OC)cc1)C(=O)OC. The Hall–Kier alpha value is -2.47. The van der Waals surface area contributed by atoms with E-state index in [9.17, 15) is 9.59 Å². The number of rotatable bonds is 10. The van der Waals surface area contributed by atoms with Gasteiger partial charge in [-0.2, -0.15) is 11.8 Å². The summed E-state index contributed by atoms with van der Waals surface area (Å²) in [6.45, 7) is 0. The number of thioether (sulfide) groups is 1. The van der Waals surface area contributed by atoms with Crippen LogP contribution in [0.15, 0.2) is 54.6 Å². The molecule has 0 radical (unpaired) electrons. The molecular formula is C22H26O5S. The maximum absolute atomic E-state index is 12.1. The largest absolute Gasteiger partial charge is 0.497 e. The second kappa shape index (κ2) is 11.4. The molecule has 0 spiro atoms. The van der Waals surface area contributed by atoms with Crippen molar-refractivity contribution in [1.29, 1.82) is 0 Å². The Balaban J connectivity index is 2.12. The third-order valence-electron chi connectivity index (χ3n) is 4.42. The Morgan fingerprint density at radius 1 is 0.857 bits per heavy atom. The van der Waals surface area contributed by atoms with E-state index in [0.29, 0.717) is 6.42 Å². The van der Waals surface area contributed by atoms with Crippen LogP contribution in [0.5, 0.6) is 5.75 Å². The van der Waals surface area contributed by atoms with E-state index in [1.807, 2.05) is 54.6 Å². The van der Waals surface area contributed by atoms with Gasteiger partial charge in [0.15, 0.2) is 5.92 Å². The van der Waals surface area contributed by atoms with Crippen LogP contribution in [0.4, 0.5) is 0 Å². The van der Waals surface area contributed by atoms with Crippen molar-refractivity contribution >= 4 is 23.7 Å². The minimum absolute atomic E-state index is 0.0488. The first-order chi connectivity index (χ1) is 13.6. The van der Waals surface area contributed by atoms with E-state index in [4.69, 9.17) is 14.2 Å². The molecular weight excluding hydrogens is 376 g/mol. The number of carbonyl (C=O) groups excluding carboxylic acids is 2. The van der Waals surface area contributed by atoms with Crippen molar-refractivity contribution < 1.29 is 23.8 Å². The normalized spacial score (nSPS) is 11.7. The molecule has 6 heteroatoms. The van der Waals surface area contributed by atoms with Crippen LogP contribution in [-0.2, 0) is 31.2 Å². The zero-order chi connectivity index (χ0) is 20.4. The fraction of sp³-hybridized carbons (Fsp3) is 0.364. The summed E-state index contributed by atoms with van der Waals surface area (Å²) in [6, 6.07) is 17.9. The lowest BCUT2D eigenvalue weighted by atomic mass is 9.99. The smallest absolute Gasteiger partial charge is 0.320 e. The fourth-order valence-corrected chi connectivity index (χ4v) is 4.12. The van der Waals surface area contributed by atoms with Crippen LogP contribution in [0.2, 0.25) is 0 Å². The van der Waals surface area contributed by atoms with Crippen LogP contribution in [0.25, 0.3) is 0 Å². The lowest BCUT2D eigenvalue weighted by Gasteiger charge is -2.21. The zero-order valence-electron chi connectivity index (χ0n) is 16.4. The molecule has 0 fully saturated rings. The summed E-state index contributed by atoms with van der Waals surface area (Å²) >= 11 is 1.71. The molecule has 150 valence electrons. The van der Waals surface area contributed by atoms with Crippen LogP contribution in [-0.4, -0.2) is 38.5 Å². The van der Waals surface area contributed by atoms with Crippen LogP contribution in [0.3, 0.4) is 0 Å². The molecule has 2 aromatic carbocycles. The lowest BCUT2D eigenvalue weighted by Crippen LogP contribution is -2.30. The first kappa shape index (κ1) is 21.8. The van der Waals surface area contributed by atoms with Gasteiger partial charge in [-0.25, -0.2) is 0 Å². The highest BCUT2D eigenvalue weighted by atomic mass is 32.2. The maximum Gasteiger partial charge on any atom is 0.320 e. The molecule has 28 heavy (non-hydrogen) atoms. The van der Waals surface area contributed by atoms with Crippen LogP contribution in [0.1, 0.15) is 17.5 Å². The predicted molar refractivity (Wildman–Crippen MR) is 110 cm³/mol. The van der Waals surface area contributed by atoms with E-state index in [0.717, 1.165) is 29.1 Å². The topological polar surface area (TPSA) is 61.8 Å². The Bertz CT molecular complexity index is 729. The third-order valence-corrected chi connectivity index (χ3v) is 5.75. The maximum atomic E-state index is 12.1. The van der Waals surface area contributed by atoms with E-state index in [2.05, 4.69) is 0 Å². The number of carbonyl (C=O) groups is 2. The van der Waals surface area contributed by atoms with E-state index < -0.39 is 17.9 Å². The van der Waals surface area contributed by atoms with Gasteiger partial charge in [0.25, 0.3) is 0 Å². The van der Waals surface area contributed by atoms with Gasteiger partial charge < -0.3 is 14.2 Å². The molecule has 0 heterocycles. The fourth-order valence-electron chi connectivity index (χ4n) is 2.86. The first-order valence-electron chi connectivity index (χ1n) is 9.01. The summed E-state index contributed by atoms with van der Waals surface area (Å²) in [5.74, 6) is -0.473. The zero-order valence-corrected chi connectivity index (χ0v) is 17.2. The number of hydrogen-bond donors (Lipinski definition) is 0. The van der Waals surface area contributed by atoms with Gasteiger partial charge in [0.2, 0.25) is 0 Å². The number of esters is 2. The summed E-state index contributed by atoms with van der Waals surface area (Å²) < 4.78 is 14.8. The molecule has 0 saturated heterocycles. The summed E-state index contributed by atoms with van der Waals surface area (Å²) in [7, 11) is 4.21. The number of ether oxygens (including phenoxy) is 3. The minimum atomic E-state index is -0.924. The van der Waals surface area contributed by atoms with Gasteiger partial charge in [-0.1, -0.05) is 42.5 Å². The van der Waals surface area contributed by atoms with Gasteiger partial charge in [0, 0.05) is 11.0 Å². The number of benzene rings is 2. The van der Waals surface area contributed by atoms with Crippen molar-refractivity contribution in [2.24, 2.45) is 5.92 Å². The highest BCUT2D eigenvalue weighted by molar-refractivity contribution is 7.99. The Morgan fingerprint density at radius 3 is 2.00 bits per heavy atom. The highest BCUT2D eigenvalue weighted by Gasteiger charge is 2.31. The van der Waals surface area contributed by atoms with Crippen molar-refractivity contribution in [3.63, 3.8) is 0 Å². The molecule has 0 aliphatic carbocycles. The minimum Gasteiger partial charge on any atom is -0.497 e. The standard InChI is InChI=1S/C22H26O5S/c1-25-18-11-9-17(10-12-18)15-28-19(13-16-7-5-4-6-8-16)14-20(21(23)26-2)22(24)27-3/h4-12,19-20H,13-15H2,1-3H3/t19-/m0/s1. The summed E-state index contributed by atoms with van der Waals surface area (Å²) in [5.41, 5.74) is 2.31. The predicted octanol–water partition coefficient (Wildman–Crippen LogP) is 3.89. The van der Waals surface area contributed by atoms with Gasteiger partial charge >= 0.3 is 11.9 Å². The molecule has 0 unspecified atom stereocenters. The Morgan fingerprint density at radius 2 is 1.46 bits per heavy atom. The number of hydrogen-bond acceptors (Lipinski definition) is 6. The molecule has 0 aromatic heterocycles. The second-order valence-corrected chi connectivity index (χ2v) is 7.59. The average Bonchev–Trinajstić information content (AvgIpc) is 2.75. The van der Waals surface area contributed by atoms with Crippen molar-refractivity contribution in [3.8, 4) is 5.75 Å². The van der Waals surface area contributed by atoms with E-state index in [1.165, 1.54) is 14.2 Å². The van der Waals surface area contributed by atoms with Crippen molar-refractivity contribution in [2.75, 3.05) is 21.3 Å². The molecule has 0 amide bonds. The third kappa shape index (κ3) is 6.60. The van der Waals surface area contributed by atoms with Gasteiger partial charge in [-0.3, -0.25) is 9.59 Å². The van der Waals surface area contributed by atoms with E-state index in [1.54, 1.807) is 18.9 Å². The molecule has 5 nitrogen and oxygen atoms in total. The lowest BCUT2D eigenvalue weighted by molar-refractivity contribution is -0.159. The highest BCUT2D eigenvalue weighted by Crippen LogP contribution is 2.28. The molecule has 0 aliphatic heterocycles. The van der Waals surface area contributed by atoms with E-state index >= 15 is 0 Å². The van der Waals surface area contributed by atoms with Crippen molar-refractivity contribution in [1.82, 2.24) is 0 Å². The van der Waals surface area contributed by atoms with Gasteiger partial charge in [0.05, 0.1) is 21.3 Å². The van der Waals surface area contributed by atoms with Gasteiger partial charge in [-0.05, 0) is 36.1 Å². The Kier molecular flexibility index (Phi) is 8.88. The second-order valence-electron chi connectivity index (χ2n) is 6.31. The first-order valence-corrected chi connectivity index (χ1v) is 10.1. The molecule has 1 atom stereocenters. The average molecular weight is 403 g/mol. The van der Waals surface area contributed by atoms with Crippen LogP contribution >= 0.6 is 11.8 Å². The van der Waals surface area contributed by atoms with Gasteiger partial charge in [0.1, 0.15) is 5.75 Å². The van der Waals surface area contributed by atoms with Gasteiger partial charge in [-0.15, -0.1) is 0 Å². The Labute approximate surface area is 170 Å². The molecule has 0 N–H and O–H groups in total. The van der Waals surface area contributed by atoms with Crippen molar-refractivity contribution in [3.05, 3.63) is 65.7 Å². The summed E-state index contributed by atoms with van der Waals surface area (Å²) in [4.78, 5) is 24.2. The molecule has 2 rings (SSSR count). The number of methoxy groups -OCH3 is 3. The molecule has 0 aliphatic rings. The summed E-state index contributed by atoms with van der Waals surface area (Å²) in [6.07, 6.45) is 1.10. The van der Waals surface area contributed by atoms with Crippen LogP contribution in [0, 0.1) is 5.92 Å².